The summed E-state index contributed by atoms with van der Waals surface area (Å²) in [5, 5.41) is 13.8. The molecule has 2 aromatic rings. The first-order valence-electron chi connectivity index (χ1n) is 6.33. The third-order valence-electron chi connectivity index (χ3n) is 3.24. The van der Waals surface area contributed by atoms with Crippen LogP contribution in [0.4, 0.5) is 0 Å². The lowest BCUT2D eigenvalue weighted by atomic mass is 9.92. The van der Waals surface area contributed by atoms with Crippen LogP contribution >= 0.6 is 0 Å². The molecule has 0 fully saturated rings. The van der Waals surface area contributed by atoms with Gasteiger partial charge in [0.25, 0.3) is 0 Å². The topological polar surface area (TPSA) is 55.1 Å². The van der Waals surface area contributed by atoms with Crippen LogP contribution < -0.4 is 0 Å². The van der Waals surface area contributed by atoms with Gasteiger partial charge in [-0.1, -0.05) is 44.2 Å². The van der Waals surface area contributed by atoms with Gasteiger partial charge in [-0.3, -0.25) is 9.48 Å². The molecular formula is C15H18N2O2. The molecule has 1 N–H and O–H groups in total. The number of aliphatic carboxylic acids is 1. The molecule has 100 valence electrons. The summed E-state index contributed by atoms with van der Waals surface area (Å²) < 4.78 is 1.67. The molecule has 0 aliphatic rings. The number of rotatable bonds is 4. The van der Waals surface area contributed by atoms with E-state index in [1.807, 2.05) is 50.2 Å². The quantitative estimate of drug-likeness (QED) is 0.917. The Balaban J connectivity index is 2.44. The molecule has 0 bridgehead atoms. The van der Waals surface area contributed by atoms with E-state index >= 15 is 0 Å². The molecule has 0 spiro atoms. The van der Waals surface area contributed by atoms with Crippen LogP contribution in [0.1, 0.15) is 25.5 Å². The molecule has 1 aromatic heterocycles. The van der Waals surface area contributed by atoms with Crippen LogP contribution in [0.3, 0.4) is 0 Å². The van der Waals surface area contributed by atoms with Gasteiger partial charge >= 0.3 is 5.97 Å². The predicted octanol–water partition coefficient (Wildman–Crippen LogP) is 2.91. The van der Waals surface area contributed by atoms with Gasteiger partial charge in [0, 0.05) is 12.6 Å². The molecule has 0 saturated carbocycles. The minimum Gasteiger partial charge on any atom is -0.481 e. The fraction of sp³-hybridized carbons (Fsp3) is 0.333. The lowest BCUT2D eigenvalue weighted by Crippen LogP contribution is -2.20. The molecule has 1 unspecified atom stereocenters. The Morgan fingerprint density at radius 1 is 1.26 bits per heavy atom. The molecule has 0 aliphatic carbocycles. The van der Waals surface area contributed by atoms with Crippen molar-refractivity contribution in [3.05, 3.63) is 42.1 Å². The van der Waals surface area contributed by atoms with Crippen molar-refractivity contribution in [2.24, 2.45) is 13.0 Å². The molecule has 19 heavy (non-hydrogen) atoms. The van der Waals surface area contributed by atoms with Crippen molar-refractivity contribution in [2.75, 3.05) is 0 Å². The maximum absolute atomic E-state index is 11.4. The van der Waals surface area contributed by atoms with Gasteiger partial charge in [0.05, 0.1) is 11.4 Å². The standard InChI is InChI=1S/C15H18N2O2/c1-10(2)14(15(18)19)13-9-12(16-17(13)3)11-7-5-4-6-8-11/h4-10,14H,1-3H3,(H,18,19). The predicted molar refractivity (Wildman–Crippen MR) is 73.9 cm³/mol. The summed E-state index contributed by atoms with van der Waals surface area (Å²) >= 11 is 0. The van der Waals surface area contributed by atoms with Crippen LogP contribution in [0, 0.1) is 5.92 Å². The molecule has 0 aliphatic heterocycles. The van der Waals surface area contributed by atoms with E-state index in [1.54, 1.807) is 11.7 Å². The highest BCUT2D eigenvalue weighted by Crippen LogP contribution is 2.28. The van der Waals surface area contributed by atoms with Crippen LogP contribution in [0.15, 0.2) is 36.4 Å². The van der Waals surface area contributed by atoms with Crippen molar-refractivity contribution in [1.29, 1.82) is 0 Å². The highest BCUT2D eigenvalue weighted by molar-refractivity contribution is 5.76. The van der Waals surface area contributed by atoms with Crippen molar-refractivity contribution in [3.8, 4) is 11.3 Å². The number of benzene rings is 1. The highest BCUT2D eigenvalue weighted by atomic mass is 16.4. The summed E-state index contributed by atoms with van der Waals surface area (Å²) in [5.74, 6) is -1.32. The molecule has 0 radical (unpaired) electrons. The SMILES string of the molecule is CC(C)C(C(=O)O)c1cc(-c2ccccc2)nn1C. The lowest BCUT2D eigenvalue weighted by Gasteiger charge is -2.15. The van der Waals surface area contributed by atoms with Crippen molar-refractivity contribution in [1.82, 2.24) is 9.78 Å². The Morgan fingerprint density at radius 2 is 1.89 bits per heavy atom. The molecule has 0 saturated heterocycles. The zero-order chi connectivity index (χ0) is 14.0. The monoisotopic (exact) mass is 258 g/mol. The Labute approximate surface area is 112 Å². The summed E-state index contributed by atoms with van der Waals surface area (Å²) in [4.78, 5) is 11.4. The van der Waals surface area contributed by atoms with Gasteiger partial charge in [-0.05, 0) is 12.0 Å². The van der Waals surface area contributed by atoms with Gasteiger partial charge in [-0.25, -0.2) is 0 Å². The van der Waals surface area contributed by atoms with Crippen LogP contribution in [0.25, 0.3) is 11.3 Å². The van der Waals surface area contributed by atoms with E-state index < -0.39 is 11.9 Å². The Morgan fingerprint density at radius 3 is 2.42 bits per heavy atom. The Bertz CT molecular complexity index is 573. The van der Waals surface area contributed by atoms with Crippen molar-refractivity contribution in [2.45, 2.75) is 19.8 Å². The average Bonchev–Trinajstić information content (AvgIpc) is 2.72. The van der Waals surface area contributed by atoms with E-state index in [2.05, 4.69) is 5.10 Å². The third kappa shape index (κ3) is 2.67. The number of carboxylic acids is 1. The number of aryl methyl sites for hydroxylation is 1. The lowest BCUT2D eigenvalue weighted by molar-refractivity contribution is -0.140. The molecule has 4 heteroatoms. The number of carbonyl (C=O) groups is 1. The zero-order valence-corrected chi connectivity index (χ0v) is 11.4. The largest absolute Gasteiger partial charge is 0.481 e. The maximum Gasteiger partial charge on any atom is 0.312 e. The van der Waals surface area contributed by atoms with E-state index in [-0.39, 0.29) is 5.92 Å². The summed E-state index contributed by atoms with van der Waals surface area (Å²) in [6.45, 7) is 3.82. The van der Waals surface area contributed by atoms with E-state index in [4.69, 9.17) is 0 Å². The fourth-order valence-electron chi connectivity index (χ4n) is 2.28. The van der Waals surface area contributed by atoms with E-state index in [1.165, 1.54) is 0 Å². The summed E-state index contributed by atoms with van der Waals surface area (Å²) in [6.07, 6.45) is 0. The first-order chi connectivity index (χ1) is 9.00. The first-order valence-corrected chi connectivity index (χ1v) is 6.33. The maximum atomic E-state index is 11.4. The van der Waals surface area contributed by atoms with E-state index in [0.29, 0.717) is 0 Å². The average molecular weight is 258 g/mol. The fourth-order valence-corrected chi connectivity index (χ4v) is 2.28. The van der Waals surface area contributed by atoms with Crippen molar-refractivity contribution >= 4 is 5.97 Å². The molecule has 1 heterocycles. The van der Waals surface area contributed by atoms with Crippen molar-refractivity contribution < 1.29 is 9.90 Å². The zero-order valence-electron chi connectivity index (χ0n) is 11.4. The Hall–Kier alpha value is -2.10. The molecular weight excluding hydrogens is 240 g/mol. The second-order valence-electron chi connectivity index (χ2n) is 5.00. The van der Waals surface area contributed by atoms with Crippen LogP contribution in [0.2, 0.25) is 0 Å². The van der Waals surface area contributed by atoms with Gasteiger partial charge < -0.3 is 5.11 Å². The highest BCUT2D eigenvalue weighted by Gasteiger charge is 2.27. The van der Waals surface area contributed by atoms with Gasteiger partial charge in [-0.2, -0.15) is 5.10 Å². The van der Waals surface area contributed by atoms with Gasteiger partial charge in [0.1, 0.15) is 5.92 Å². The van der Waals surface area contributed by atoms with Crippen LogP contribution in [-0.4, -0.2) is 20.9 Å². The normalized spacial score (nSPS) is 12.6. The van der Waals surface area contributed by atoms with Crippen LogP contribution in [-0.2, 0) is 11.8 Å². The van der Waals surface area contributed by atoms with Gasteiger partial charge in [0.15, 0.2) is 0 Å². The number of aromatic nitrogens is 2. The third-order valence-corrected chi connectivity index (χ3v) is 3.24. The smallest absolute Gasteiger partial charge is 0.312 e. The molecule has 1 aromatic carbocycles. The molecule has 1 atom stereocenters. The summed E-state index contributed by atoms with van der Waals surface area (Å²) in [7, 11) is 1.79. The summed E-state index contributed by atoms with van der Waals surface area (Å²) in [6, 6.07) is 11.6. The van der Waals surface area contributed by atoms with Crippen LogP contribution in [0.5, 0.6) is 0 Å². The first kappa shape index (κ1) is 13.3. The molecule has 0 amide bonds. The minimum atomic E-state index is -0.808. The second-order valence-corrected chi connectivity index (χ2v) is 5.00. The number of hydrogen-bond acceptors (Lipinski definition) is 2. The molecule has 2 rings (SSSR count). The molecule has 4 nitrogen and oxygen atoms in total. The van der Waals surface area contributed by atoms with Gasteiger partial charge in [0.2, 0.25) is 0 Å². The van der Waals surface area contributed by atoms with Gasteiger partial charge in [-0.15, -0.1) is 0 Å². The Kier molecular flexibility index (Phi) is 3.69. The number of carboxylic acid groups (broad SMARTS) is 1. The van der Waals surface area contributed by atoms with Crippen molar-refractivity contribution in [3.63, 3.8) is 0 Å². The number of nitrogens with zero attached hydrogens (tertiary/aromatic N) is 2. The minimum absolute atomic E-state index is 0.0246. The number of hydrogen-bond donors (Lipinski definition) is 1. The summed E-state index contributed by atoms with van der Waals surface area (Å²) in [5.41, 5.74) is 2.54. The second kappa shape index (κ2) is 5.26. The van der Waals surface area contributed by atoms with E-state index in [9.17, 15) is 9.90 Å². The van der Waals surface area contributed by atoms with E-state index in [0.717, 1.165) is 17.0 Å².